The summed E-state index contributed by atoms with van der Waals surface area (Å²) < 4.78 is 11.3. The topological polar surface area (TPSA) is 96.0 Å². The Labute approximate surface area is 167 Å². The van der Waals surface area contributed by atoms with Crippen molar-refractivity contribution in [3.05, 3.63) is 26.2 Å². The van der Waals surface area contributed by atoms with Gasteiger partial charge in [0.1, 0.15) is 6.61 Å². The minimum Gasteiger partial charge on any atom is -0.546 e. The molecule has 1 aromatic rings. The average Bonchev–Trinajstić information content (AvgIpc) is 2.82. The molecule has 0 N–H and O–H groups in total. The first kappa shape index (κ1) is 20.1. The van der Waals surface area contributed by atoms with Gasteiger partial charge >= 0.3 is 0 Å². The molecular weight excluding hydrogens is 473 g/mol. The monoisotopic (exact) mass is 486 g/mol. The van der Waals surface area contributed by atoms with Crippen molar-refractivity contribution in [3.63, 3.8) is 0 Å². The van der Waals surface area contributed by atoms with Crippen LogP contribution in [-0.2, 0) is 9.59 Å². The van der Waals surface area contributed by atoms with Crippen LogP contribution >= 0.6 is 34.4 Å². The molecule has 1 heterocycles. The Morgan fingerprint density at radius 2 is 2.15 bits per heavy atom. The van der Waals surface area contributed by atoms with Crippen LogP contribution in [0.5, 0.6) is 11.5 Å². The lowest BCUT2D eigenvalue weighted by Crippen LogP contribution is -2.29. The molecule has 0 saturated carbocycles. The molecule has 7 nitrogen and oxygen atoms in total. The summed E-state index contributed by atoms with van der Waals surface area (Å²) in [5.74, 6) is 1.07. The van der Waals surface area contributed by atoms with Crippen LogP contribution in [0.25, 0.3) is 6.08 Å². The molecule has 26 heavy (non-hydrogen) atoms. The fourth-order valence-electron chi connectivity index (χ4n) is 2.08. The zero-order valence-electron chi connectivity index (χ0n) is 13.6. The van der Waals surface area contributed by atoms with Gasteiger partial charge in [0.25, 0.3) is 11.1 Å². The van der Waals surface area contributed by atoms with E-state index in [9.17, 15) is 19.5 Å². The fraction of sp³-hybridized carbons (Fsp3) is 0.235. The third kappa shape index (κ3) is 4.70. The van der Waals surface area contributed by atoms with Gasteiger partial charge in [0.15, 0.2) is 11.5 Å². The van der Waals surface area contributed by atoms with E-state index in [1.165, 1.54) is 0 Å². The molecule has 1 aliphatic rings. The summed E-state index contributed by atoms with van der Waals surface area (Å²) in [5.41, 5.74) is 0.602. The number of ether oxygens (including phenoxy) is 2. The largest absolute Gasteiger partial charge is 0.546 e. The number of benzene rings is 1. The van der Waals surface area contributed by atoms with Gasteiger partial charge in [0, 0.05) is 0 Å². The van der Waals surface area contributed by atoms with Crippen molar-refractivity contribution in [3.8, 4) is 23.8 Å². The van der Waals surface area contributed by atoms with Crippen LogP contribution in [0.1, 0.15) is 12.5 Å². The normalized spacial score (nSPS) is 15.3. The molecule has 1 aromatic carbocycles. The van der Waals surface area contributed by atoms with Crippen molar-refractivity contribution < 1.29 is 29.0 Å². The van der Waals surface area contributed by atoms with Gasteiger partial charge in [0.2, 0.25) is 0 Å². The molecule has 136 valence electrons. The Morgan fingerprint density at radius 3 is 2.77 bits per heavy atom. The van der Waals surface area contributed by atoms with Gasteiger partial charge in [0.05, 0.1) is 27.6 Å². The maximum absolute atomic E-state index is 12.2. The molecule has 0 bridgehead atoms. The molecule has 1 aliphatic heterocycles. The highest BCUT2D eigenvalue weighted by Gasteiger charge is 2.34. The fourth-order valence-corrected chi connectivity index (χ4v) is 3.70. The number of rotatable bonds is 7. The summed E-state index contributed by atoms with van der Waals surface area (Å²) in [5, 5.41) is 10.2. The zero-order valence-corrected chi connectivity index (χ0v) is 16.6. The Kier molecular flexibility index (Phi) is 6.93. The number of aliphatic carboxylic acids is 1. The molecule has 0 radical (unpaired) electrons. The zero-order chi connectivity index (χ0) is 19.3. The van der Waals surface area contributed by atoms with Crippen LogP contribution in [0.15, 0.2) is 17.0 Å². The third-order valence-electron chi connectivity index (χ3n) is 3.09. The highest BCUT2D eigenvalue weighted by Crippen LogP contribution is 2.37. The lowest BCUT2D eigenvalue weighted by molar-refractivity contribution is -0.307. The summed E-state index contributed by atoms with van der Waals surface area (Å²) in [6, 6.07) is 3.29. The molecule has 1 fully saturated rings. The molecule has 0 atom stereocenters. The minimum atomic E-state index is -1.35. The quantitative estimate of drug-likeness (QED) is 0.328. The predicted molar refractivity (Wildman–Crippen MR) is 102 cm³/mol. The van der Waals surface area contributed by atoms with Crippen LogP contribution in [0, 0.1) is 15.9 Å². The summed E-state index contributed by atoms with van der Waals surface area (Å²) in [6.07, 6.45) is 6.72. The number of nitrogens with zero attached hydrogens (tertiary/aromatic N) is 1. The predicted octanol–water partition coefficient (Wildman–Crippen LogP) is 1.49. The van der Waals surface area contributed by atoms with Crippen molar-refractivity contribution >= 4 is 57.5 Å². The second kappa shape index (κ2) is 8.95. The maximum Gasteiger partial charge on any atom is 0.294 e. The minimum absolute atomic E-state index is 0.0836. The number of hydrogen-bond acceptors (Lipinski definition) is 7. The molecule has 0 aliphatic carbocycles. The van der Waals surface area contributed by atoms with Gasteiger partial charge in [-0.15, -0.1) is 6.42 Å². The molecule has 9 heteroatoms. The highest BCUT2D eigenvalue weighted by molar-refractivity contribution is 14.1. The number of hydrogen-bond donors (Lipinski definition) is 0. The Hall–Kier alpha value is -2.19. The van der Waals surface area contributed by atoms with E-state index in [0.717, 1.165) is 16.7 Å². The second-order valence-electron chi connectivity index (χ2n) is 4.90. The van der Waals surface area contributed by atoms with E-state index in [1.54, 1.807) is 25.1 Å². The van der Waals surface area contributed by atoms with Crippen molar-refractivity contribution in [2.24, 2.45) is 0 Å². The third-order valence-corrected chi connectivity index (χ3v) is 4.80. The Bertz CT molecular complexity index is 829. The van der Waals surface area contributed by atoms with Gasteiger partial charge < -0.3 is 19.4 Å². The van der Waals surface area contributed by atoms with Gasteiger partial charge in [-0.1, -0.05) is 5.92 Å². The summed E-state index contributed by atoms with van der Waals surface area (Å²) >= 11 is 2.77. The number of carboxylic acid groups (broad SMARTS) is 1. The van der Waals surface area contributed by atoms with Gasteiger partial charge in [-0.25, -0.2) is 0 Å². The number of halogens is 1. The molecule has 0 unspecified atom stereocenters. The number of terminal acetylenes is 1. The van der Waals surface area contributed by atoms with Crippen LogP contribution < -0.4 is 14.6 Å². The number of carbonyl (C=O) groups is 3. The highest BCUT2D eigenvalue weighted by atomic mass is 127. The molecule has 0 spiro atoms. The first-order valence-corrected chi connectivity index (χ1v) is 9.24. The maximum atomic E-state index is 12.2. The molecule has 0 aromatic heterocycles. The van der Waals surface area contributed by atoms with Crippen LogP contribution in [0.2, 0.25) is 0 Å². The van der Waals surface area contributed by atoms with Gasteiger partial charge in [-0.2, -0.15) is 0 Å². The summed E-state index contributed by atoms with van der Waals surface area (Å²) in [6.45, 7) is 1.41. The second-order valence-corrected chi connectivity index (χ2v) is 7.05. The summed E-state index contributed by atoms with van der Waals surface area (Å²) in [7, 11) is 0. The van der Waals surface area contributed by atoms with Crippen LogP contribution in [0.4, 0.5) is 4.79 Å². The van der Waals surface area contributed by atoms with Crippen LogP contribution in [0.3, 0.4) is 0 Å². The average molecular weight is 486 g/mol. The van der Waals surface area contributed by atoms with Gasteiger partial charge in [-0.05, 0) is 65.0 Å². The Morgan fingerprint density at radius 1 is 1.42 bits per heavy atom. The lowest BCUT2D eigenvalue weighted by atomic mass is 10.2. The van der Waals surface area contributed by atoms with Crippen molar-refractivity contribution in [1.82, 2.24) is 4.90 Å². The van der Waals surface area contributed by atoms with E-state index >= 15 is 0 Å². The number of amides is 2. The molecule has 2 rings (SSSR count). The first-order valence-electron chi connectivity index (χ1n) is 7.35. The van der Waals surface area contributed by atoms with Crippen molar-refractivity contribution in [1.29, 1.82) is 0 Å². The van der Waals surface area contributed by atoms with E-state index in [0.29, 0.717) is 21.5 Å². The first-order chi connectivity index (χ1) is 12.4. The smallest absolute Gasteiger partial charge is 0.294 e. The standard InChI is InChI=1S/C17H14INO6S/c1-3-5-19-16(22)13(26-17(19)23)8-10-6-11(18)15(25-9-14(20)21)12(7-10)24-4-2/h1,6-8H,4-5,9H2,2H3,(H,20,21)/p-1/b13-8-. The summed E-state index contributed by atoms with van der Waals surface area (Å²) in [4.78, 5) is 35.9. The van der Waals surface area contributed by atoms with E-state index < -0.39 is 23.7 Å². The lowest BCUT2D eigenvalue weighted by Gasteiger charge is -2.15. The number of thioether (sulfide) groups is 1. The van der Waals surface area contributed by atoms with E-state index in [-0.39, 0.29) is 17.2 Å². The number of imide groups is 1. The number of carboxylic acids is 1. The van der Waals surface area contributed by atoms with E-state index in [1.807, 2.05) is 22.6 Å². The molecule has 1 saturated heterocycles. The van der Waals surface area contributed by atoms with E-state index in [4.69, 9.17) is 15.9 Å². The molecule has 2 amide bonds. The number of carbonyl (C=O) groups excluding carboxylic acids is 3. The van der Waals surface area contributed by atoms with Crippen molar-refractivity contribution in [2.75, 3.05) is 19.8 Å². The van der Waals surface area contributed by atoms with Crippen molar-refractivity contribution in [2.45, 2.75) is 6.92 Å². The van der Waals surface area contributed by atoms with Gasteiger partial charge in [-0.3, -0.25) is 14.5 Å². The van der Waals surface area contributed by atoms with E-state index in [2.05, 4.69) is 5.92 Å². The Balaban J connectivity index is 2.36. The van der Waals surface area contributed by atoms with Crippen LogP contribution in [-0.4, -0.2) is 41.8 Å². The SMILES string of the molecule is C#CCN1C(=O)S/C(=C\c2cc(I)c(OCC(=O)[O-])c(OCC)c2)C1=O. The molecular formula is C17H13INO6S-.